The first-order chi connectivity index (χ1) is 8.54. The Morgan fingerprint density at radius 2 is 1.89 bits per heavy atom. The number of hydrogen-bond acceptors (Lipinski definition) is 4. The summed E-state index contributed by atoms with van der Waals surface area (Å²) in [6.07, 6.45) is -0.613. The van der Waals surface area contributed by atoms with Gasteiger partial charge in [-0.25, -0.2) is 0 Å². The highest BCUT2D eigenvalue weighted by Gasteiger charge is 2.19. The highest BCUT2D eigenvalue weighted by atomic mass is 16.5. The highest BCUT2D eigenvalue weighted by Crippen LogP contribution is 2.37. The van der Waals surface area contributed by atoms with Crippen molar-refractivity contribution in [1.29, 1.82) is 0 Å². The first-order valence-corrected chi connectivity index (χ1v) is 6.13. The summed E-state index contributed by atoms with van der Waals surface area (Å²) in [7, 11) is 5.00. The van der Waals surface area contributed by atoms with Gasteiger partial charge in [-0.05, 0) is 30.7 Å². The van der Waals surface area contributed by atoms with Crippen LogP contribution in [-0.2, 0) is 0 Å². The smallest absolute Gasteiger partial charge is 0.166 e. The van der Waals surface area contributed by atoms with Gasteiger partial charge in [0, 0.05) is 12.1 Å². The lowest BCUT2D eigenvalue weighted by Crippen LogP contribution is -2.17. The average Bonchev–Trinajstić information content (AvgIpc) is 2.37. The molecule has 0 aliphatic carbocycles. The summed E-state index contributed by atoms with van der Waals surface area (Å²) in [6, 6.07) is 3.94. The Hall–Kier alpha value is -1.26. The number of aliphatic hydroxyl groups excluding tert-OH is 1. The monoisotopic (exact) mass is 253 g/mol. The number of hydrogen-bond donors (Lipinski definition) is 2. The van der Waals surface area contributed by atoms with E-state index in [4.69, 9.17) is 9.47 Å². The zero-order chi connectivity index (χ0) is 13.7. The van der Waals surface area contributed by atoms with Crippen LogP contribution in [-0.4, -0.2) is 32.9 Å². The van der Waals surface area contributed by atoms with Gasteiger partial charge < -0.3 is 19.9 Å². The van der Waals surface area contributed by atoms with E-state index in [2.05, 4.69) is 19.2 Å². The summed E-state index contributed by atoms with van der Waals surface area (Å²) >= 11 is 0. The predicted octanol–water partition coefficient (Wildman–Crippen LogP) is 2.08. The zero-order valence-corrected chi connectivity index (χ0v) is 11.8. The minimum atomic E-state index is -0.613. The van der Waals surface area contributed by atoms with E-state index in [1.807, 2.05) is 12.1 Å². The van der Waals surface area contributed by atoms with Gasteiger partial charge in [-0.3, -0.25) is 0 Å². The molecule has 0 fully saturated rings. The normalized spacial score (nSPS) is 12.6. The van der Waals surface area contributed by atoms with Crippen molar-refractivity contribution in [2.75, 3.05) is 27.8 Å². The summed E-state index contributed by atoms with van der Waals surface area (Å²) in [6.45, 7) is 4.69. The van der Waals surface area contributed by atoms with Crippen LogP contribution in [0.4, 0.5) is 0 Å². The van der Waals surface area contributed by atoms with Crippen molar-refractivity contribution in [1.82, 2.24) is 5.32 Å². The molecule has 0 saturated carbocycles. The number of rotatable bonds is 6. The van der Waals surface area contributed by atoms with Crippen LogP contribution in [0.1, 0.15) is 37.0 Å². The SMILES string of the molecule is CNCC(O)c1cc(C(C)C)cc(OC)c1OC. The first kappa shape index (κ1) is 14.8. The second kappa shape index (κ2) is 6.61. The minimum Gasteiger partial charge on any atom is -0.493 e. The van der Waals surface area contributed by atoms with E-state index in [0.717, 1.165) is 11.1 Å². The van der Waals surface area contributed by atoms with E-state index in [9.17, 15) is 5.11 Å². The fourth-order valence-corrected chi connectivity index (χ4v) is 1.90. The lowest BCUT2D eigenvalue weighted by atomic mass is 9.97. The average molecular weight is 253 g/mol. The van der Waals surface area contributed by atoms with Gasteiger partial charge in [0.25, 0.3) is 0 Å². The summed E-state index contributed by atoms with van der Waals surface area (Å²) in [5.41, 5.74) is 1.88. The Kier molecular flexibility index (Phi) is 5.44. The molecule has 0 aliphatic rings. The molecular formula is C14H23NO3. The number of methoxy groups -OCH3 is 2. The second-order valence-corrected chi connectivity index (χ2v) is 4.57. The number of benzene rings is 1. The van der Waals surface area contributed by atoms with E-state index in [-0.39, 0.29) is 0 Å². The van der Waals surface area contributed by atoms with Crippen molar-refractivity contribution in [3.05, 3.63) is 23.3 Å². The van der Waals surface area contributed by atoms with Gasteiger partial charge in [0.15, 0.2) is 11.5 Å². The molecule has 1 unspecified atom stereocenters. The van der Waals surface area contributed by atoms with Crippen molar-refractivity contribution < 1.29 is 14.6 Å². The van der Waals surface area contributed by atoms with Crippen LogP contribution in [0.5, 0.6) is 11.5 Å². The lowest BCUT2D eigenvalue weighted by Gasteiger charge is -2.20. The van der Waals surface area contributed by atoms with Gasteiger partial charge in [0.1, 0.15) is 0 Å². The molecule has 0 saturated heterocycles. The third-order valence-corrected chi connectivity index (χ3v) is 2.95. The van der Waals surface area contributed by atoms with Gasteiger partial charge in [0.2, 0.25) is 0 Å². The predicted molar refractivity (Wildman–Crippen MR) is 72.5 cm³/mol. The first-order valence-electron chi connectivity index (χ1n) is 6.13. The van der Waals surface area contributed by atoms with Crippen LogP contribution in [0, 0.1) is 0 Å². The van der Waals surface area contributed by atoms with E-state index >= 15 is 0 Å². The van der Waals surface area contributed by atoms with Crippen LogP contribution >= 0.6 is 0 Å². The molecule has 1 atom stereocenters. The van der Waals surface area contributed by atoms with Crippen LogP contribution in [0.3, 0.4) is 0 Å². The molecule has 0 aliphatic heterocycles. The Morgan fingerprint density at radius 1 is 1.22 bits per heavy atom. The number of nitrogens with one attached hydrogen (secondary N) is 1. The van der Waals surface area contributed by atoms with Gasteiger partial charge in [0.05, 0.1) is 20.3 Å². The molecule has 1 rings (SSSR count). The summed E-state index contributed by atoms with van der Waals surface area (Å²) in [5.74, 6) is 1.63. The number of likely N-dealkylation sites (N-methyl/N-ethyl adjacent to an activating group) is 1. The van der Waals surface area contributed by atoms with E-state index in [1.54, 1.807) is 21.3 Å². The Morgan fingerprint density at radius 3 is 2.33 bits per heavy atom. The van der Waals surface area contributed by atoms with Gasteiger partial charge in [-0.15, -0.1) is 0 Å². The molecule has 4 nitrogen and oxygen atoms in total. The summed E-state index contributed by atoms with van der Waals surface area (Å²) < 4.78 is 10.7. The van der Waals surface area contributed by atoms with Crippen molar-refractivity contribution in [3.8, 4) is 11.5 Å². The van der Waals surface area contributed by atoms with E-state index in [1.165, 1.54) is 0 Å². The fourth-order valence-electron chi connectivity index (χ4n) is 1.90. The molecule has 0 heterocycles. The molecule has 0 aromatic heterocycles. The zero-order valence-electron chi connectivity index (χ0n) is 11.8. The van der Waals surface area contributed by atoms with Crippen LogP contribution in [0.2, 0.25) is 0 Å². The Balaban J connectivity index is 3.30. The van der Waals surface area contributed by atoms with E-state index < -0.39 is 6.10 Å². The lowest BCUT2D eigenvalue weighted by molar-refractivity contribution is 0.172. The van der Waals surface area contributed by atoms with Crippen LogP contribution in [0.25, 0.3) is 0 Å². The van der Waals surface area contributed by atoms with Crippen molar-refractivity contribution in [3.63, 3.8) is 0 Å². The molecule has 0 amide bonds. The number of ether oxygens (including phenoxy) is 2. The molecule has 1 aromatic carbocycles. The molecule has 1 aromatic rings. The maximum Gasteiger partial charge on any atom is 0.166 e. The van der Waals surface area contributed by atoms with Crippen LogP contribution in [0.15, 0.2) is 12.1 Å². The largest absolute Gasteiger partial charge is 0.493 e. The summed E-state index contributed by atoms with van der Waals surface area (Å²) in [4.78, 5) is 0. The standard InChI is InChI=1S/C14H23NO3/c1-9(2)10-6-11(12(16)8-15-3)14(18-5)13(7-10)17-4/h6-7,9,12,15-16H,8H2,1-5H3. The maximum atomic E-state index is 10.2. The fraction of sp³-hybridized carbons (Fsp3) is 0.571. The van der Waals surface area contributed by atoms with Crippen molar-refractivity contribution >= 4 is 0 Å². The molecule has 0 radical (unpaired) electrons. The second-order valence-electron chi connectivity index (χ2n) is 4.57. The molecular weight excluding hydrogens is 230 g/mol. The van der Waals surface area contributed by atoms with Gasteiger partial charge in [-0.1, -0.05) is 13.8 Å². The van der Waals surface area contributed by atoms with Gasteiger partial charge >= 0.3 is 0 Å². The molecule has 102 valence electrons. The third kappa shape index (κ3) is 3.15. The summed E-state index contributed by atoms with van der Waals surface area (Å²) in [5, 5.41) is 13.1. The van der Waals surface area contributed by atoms with Crippen molar-refractivity contribution in [2.24, 2.45) is 0 Å². The Labute approximate surface area is 109 Å². The van der Waals surface area contributed by atoms with E-state index in [0.29, 0.717) is 24.0 Å². The molecule has 0 spiro atoms. The Bertz CT molecular complexity index is 391. The maximum absolute atomic E-state index is 10.2. The number of aliphatic hydroxyl groups is 1. The highest BCUT2D eigenvalue weighted by molar-refractivity contribution is 5.51. The molecule has 2 N–H and O–H groups in total. The molecule has 18 heavy (non-hydrogen) atoms. The molecule has 0 bridgehead atoms. The van der Waals surface area contributed by atoms with Crippen LogP contribution < -0.4 is 14.8 Å². The quantitative estimate of drug-likeness (QED) is 0.815. The minimum absolute atomic E-state index is 0.366. The third-order valence-electron chi connectivity index (χ3n) is 2.95. The van der Waals surface area contributed by atoms with Crippen molar-refractivity contribution in [2.45, 2.75) is 25.9 Å². The topological polar surface area (TPSA) is 50.7 Å². The van der Waals surface area contributed by atoms with Gasteiger partial charge in [-0.2, -0.15) is 0 Å². The molecule has 4 heteroatoms.